The molecule has 128 valence electrons. The molecule has 1 heterocycles. The van der Waals surface area contributed by atoms with Gasteiger partial charge >= 0.3 is 0 Å². The largest absolute Gasteiger partial charge is 0.349 e. The van der Waals surface area contributed by atoms with Gasteiger partial charge in [0.05, 0.1) is 12.5 Å². The van der Waals surface area contributed by atoms with Crippen molar-refractivity contribution in [1.29, 1.82) is 0 Å². The number of nitrogens with zero attached hydrogens (tertiary/aromatic N) is 1. The van der Waals surface area contributed by atoms with Crippen LogP contribution < -0.4 is 10.6 Å². The monoisotopic (exact) mass is 403 g/mol. The van der Waals surface area contributed by atoms with Crippen LogP contribution in [0.4, 0.5) is 0 Å². The molecule has 23 heavy (non-hydrogen) atoms. The van der Waals surface area contributed by atoms with Crippen molar-refractivity contribution in [3.05, 3.63) is 34.3 Å². The maximum atomic E-state index is 12.6. The highest BCUT2D eigenvalue weighted by molar-refractivity contribution is 9.10. The van der Waals surface area contributed by atoms with Crippen LogP contribution in [0.3, 0.4) is 0 Å². The van der Waals surface area contributed by atoms with Gasteiger partial charge in [-0.05, 0) is 24.6 Å². The number of rotatable bonds is 4. The predicted octanol–water partition coefficient (Wildman–Crippen LogP) is 2.26. The van der Waals surface area contributed by atoms with E-state index in [1.54, 1.807) is 0 Å². The first-order valence-electron chi connectivity index (χ1n) is 7.50. The van der Waals surface area contributed by atoms with Crippen LogP contribution in [-0.4, -0.2) is 42.4 Å². The van der Waals surface area contributed by atoms with Crippen LogP contribution in [0.15, 0.2) is 28.7 Å². The average molecular weight is 405 g/mol. The lowest BCUT2D eigenvalue weighted by Gasteiger charge is -2.35. The summed E-state index contributed by atoms with van der Waals surface area (Å²) >= 11 is 3.40. The maximum Gasteiger partial charge on any atom is 0.225 e. The second-order valence-electron chi connectivity index (χ2n) is 5.65. The van der Waals surface area contributed by atoms with Gasteiger partial charge in [-0.15, -0.1) is 12.4 Å². The SMILES string of the molecule is CC(=O)NC(CC(=O)N1CCNC[C@@H]1C)c1ccc(Br)cc1.Cl. The van der Waals surface area contributed by atoms with Crippen LogP contribution in [0, 0.1) is 0 Å². The normalized spacial score (nSPS) is 18.7. The van der Waals surface area contributed by atoms with E-state index in [1.807, 2.05) is 36.1 Å². The summed E-state index contributed by atoms with van der Waals surface area (Å²) in [6.07, 6.45) is 0.283. The maximum absolute atomic E-state index is 12.6. The van der Waals surface area contributed by atoms with Crippen LogP contribution in [0.25, 0.3) is 0 Å². The molecule has 2 atom stereocenters. The minimum absolute atomic E-state index is 0. The standard InChI is InChI=1S/C16H22BrN3O2.ClH/c1-11-10-18-7-8-20(11)16(22)9-15(19-12(2)21)13-3-5-14(17)6-4-13;/h3-6,11,15,18H,7-10H2,1-2H3,(H,19,21);1H/t11-,15?;/m0./s1. The Morgan fingerprint density at radius 2 is 2.04 bits per heavy atom. The Hall–Kier alpha value is -1.11. The first kappa shape index (κ1) is 19.9. The van der Waals surface area contributed by atoms with Crippen molar-refractivity contribution in [3.8, 4) is 0 Å². The summed E-state index contributed by atoms with van der Waals surface area (Å²) < 4.78 is 0.972. The Kier molecular flexibility index (Phi) is 8.02. The highest BCUT2D eigenvalue weighted by Gasteiger charge is 2.26. The molecule has 7 heteroatoms. The Balaban J connectivity index is 0.00000264. The molecule has 0 saturated carbocycles. The summed E-state index contributed by atoms with van der Waals surface area (Å²) in [7, 11) is 0. The van der Waals surface area contributed by atoms with E-state index in [4.69, 9.17) is 0 Å². The number of hydrogen-bond acceptors (Lipinski definition) is 3. The van der Waals surface area contributed by atoms with Gasteiger partial charge < -0.3 is 15.5 Å². The number of carbonyl (C=O) groups excluding carboxylic acids is 2. The molecular formula is C16H23BrClN3O2. The van der Waals surface area contributed by atoms with Gasteiger partial charge in [0.1, 0.15) is 0 Å². The molecule has 1 aromatic rings. The number of hydrogen-bond donors (Lipinski definition) is 2. The van der Waals surface area contributed by atoms with Crippen molar-refractivity contribution in [2.45, 2.75) is 32.4 Å². The van der Waals surface area contributed by atoms with E-state index in [2.05, 4.69) is 26.6 Å². The van der Waals surface area contributed by atoms with Crippen molar-refractivity contribution in [1.82, 2.24) is 15.5 Å². The molecule has 0 radical (unpaired) electrons. The molecule has 5 nitrogen and oxygen atoms in total. The second kappa shape index (κ2) is 9.25. The fourth-order valence-corrected chi connectivity index (χ4v) is 2.96. The zero-order chi connectivity index (χ0) is 16.1. The minimum atomic E-state index is -0.291. The highest BCUT2D eigenvalue weighted by atomic mass is 79.9. The van der Waals surface area contributed by atoms with Gasteiger partial charge in [0.15, 0.2) is 0 Å². The van der Waals surface area contributed by atoms with Crippen LogP contribution in [0.1, 0.15) is 31.9 Å². The highest BCUT2D eigenvalue weighted by Crippen LogP contribution is 2.21. The molecule has 0 spiro atoms. The molecule has 2 amide bonds. The van der Waals surface area contributed by atoms with Crippen LogP contribution >= 0.6 is 28.3 Å². The van der Waals surface area contributed by atoms with Gasteiger partial charge in [0.25, 0.3) is 0 Å². The third kappa shape index (κ3) is 5.79. The number of benzene rings is 1. The van der Waals surface area contributed by atoms with Crippen molar-refractivity contribution < 1.29 is 9.59 Å². The zero-order valence-corrected chi connectivity index (χ0v) is 15.7. The van der Waals surface area contributed by atoms with E-state index < -0.39 is 0 Å². The molecule has 1 aromatic carbocycles. The van der Waals surface area contributed by atoms with E-state index >= 15 is 0 Å². The molecule has 1 aliphatic heterocycles. The summed E-state index contributed by atoms with van der Waals surface area (Å²) in [5.74, 6) is -0.0512. The molecule has 1 fully saturated rings. The van der Waals surface area contributed by atoms with Gasteiger partial charge in [-0.3, -0.25) is 9.59 Å². The van der Waals surface area contributed by atoms with E-state index in [1.165, 1.54) is 6.92 Å². The lowest BCUT2D eigenvalue weighted by atomic mass is 10.0. The molecule has 0 aromatic heterocycles. The van der Waals surface area contributed by atoms with Crippen LogP contribution in [0.2, 0.25) is 0 Å². The molecular weight excluding hydrogens is 382 g/mol. The van der Waals surface area contributed by atoms with Crippen molar-refractivity contribution in [2.24, 2.45) is 0 Å². The van der Waals surface area contributed by atoms with Gasteiger partial charge in [0.2, 0.25) is 11.8 Å². The van der Waals surface area contributed by atoms with E-state index in [-0.39, 0.29) is 42.7 Å². The van der Waals surface area contributed by atoms with Crippen LogP contribution in [0.5, 0.6) is 0 Å². The number of piperazine rings is 1. The molecule has 1 saturated heterocycles. The lowest BCUT2D eigenvalue weighted by molar-refractivity contribution is -0.134. The molecule has 2 N–H and O–H groups in total. The smallest absolute Gasteiger partial charge is 0.225 e. The Labute approximate surface area is 151 Å². The van der Waals surface area contributed by atoms with Crippen molar-refractivity contribution in [3.63, 3.8) is 0 Å². The molecule has 1 aliphatic rings. The Morgan fingerprint density at radius 3 is 2.61 bits per heavy atom. The van der Waals surface area contributed by atoms with Gasteiger partial charge in [-0.1, -0.05) is 28.1 Å². The van der Waals surface area contributed by atoms with Gasteiger partial charge in [-0.25, -0.2) is 0 Å². The van der Waals surface area contributed by atoms with Gasteiger partial charge in [-0.2, -0.15) is 0 Å². The quantitative estimate of drug-likeness (QED) is 0.809. The topological polar surface area (TPSA) is 61.4 Å². The van der Waals surface area contributed by atoms with Crippen molar-refractivity contribution in [2.75, 3.05) is 19.6 Å². The van der Waals surface area contributed by atoms with Crippen molar-refractivity contribution >= 4 is 40.2 Å². The zero-order valence-electron chi connectivity index (χ0n) is 13.3. The van der Waals surface area contributed by atoms with E-state index in [0.29, 0.717) is 6.54 Å². The fourth-order valence-electron chi connectivity index (χ4n) is 2.70. The Morgan fingerprint density at radius 1 is 1.39 bits per heavy atom. The number of halogens is 2. The second-order valence-corrected chi connectivity index (χ2v) is 6.56. The molecule has 0 bridgehead atoms. The summed E-state index contributed by atoms with van der Waals surface area (Å²) in [4.78, 5) is 25.9. The van der Waals surface area contributed by atoms with Crippen LogP contribution in [-0.2, 0) is 9.59 Å². The number of carbonyl (C=O) groups is 2. The third-order valence-electron chi connectivity index (χ3n) is 3.85. The van der Waals surface area contributed by atoms with E-state index in [9.17, 15) is 9.59 Å². The molecule has 1 unspecified atom stereocenters. The first-order valence-corrected chi connectivity index (χ1v) is 8.29. The summed E-state index contributed by atoms with van der Waals surface area (Å²) in [6.45, 7) is 5.86. The minimum Gasteiger partial charge on any atom is -0.349 e. The fraction of sp³-hybridized carbons (Fsp3) is 0.500. The predicted molar refractivity (Wildman–Crippen MR) is 96.6 cm³/mol. The Bertz CT molecular complexity index is 539. The van der Waals surface area contributed by atoms with E-state index in [0.717, 1.165) is 23.1 Å². The van der Waals surface area contributed by atoms with Gasteiger partial charge in [0, 0.05) is 37.1 Å². The average Bonchev–Trinajstić information content (AvgIpc) is 2.47. The lowest BCUT2D eigenvalue weighted by Crippen LogP contribution is -2.52. The molecule has 0 aliphatic carbocycles. The molecule has 2 rings (SSSR count). The first-order chi connectivity index (χ1) is 10.5. The summed E-state index contributed by atoms with van der Waals surface area (Å²) in [6, 6.07) is 7.59. The number of amides is 2. The summed E-state index contributed by atoms with van der Waals surface area (Å²) in [5.41, 5.74) is 0.939. The summed E-state index contributed by atoms with van der Waals surface area (Å²) in [5, 5.41) is 6.16. The third-order valence-corrected chi connectivity index (χ3v) is 4.38. The number of nitrogens with one attached hydrogen (secondary N) is 2.